The zero-order valence-corrected chi connectivity index (χ0v) is 10.2. The Morgan fingerprint density at radius 1 is 1.17 bits per heavy atom. The molecule has 2 rings (SSSR count). The number of hydrogen-bond acceptors (Lipinski definition) is 3. The fourth-order valence-electron chi connectivity index (χ4n) is 1.92. The predicted octanol–water partition coefficient (Wildman–Crippen LogP) is 0.874. The van der Waals surface area contributed by atoms with E-state index in [1.165, 1.54) is 12.1 Å². The van der Waals surface area contributed by atoms with E-state index in [-0.39, 0.29) is 16.5 Å². The molecule has 1 aromatic rings. The molecule has 0 radical (unpaired) electrons. The maximum absolute atomic E-state index is 12.1. The van der Waals surface area contributed by atoms with Crippen LogP contribution in [0.25, 0.3) is 0 Å². The highest BCUT2D eigenvalue weighted by Crippen LogP contribution is 2.13. The molecule has 1 aromatic carbocycles. The molecule has 0 aromatic heterocycles. The second-order valence-electron chi connectivity index (χ2n) is 4.42. The largest absolute Gasteiger partial charge is 0.336 e. The lowest BCUT2D eigenvalue weighted by Gasteiger charge is -2.32. The van der Waals surface area contributed by atoms with Gasteiger partial charge in [-0.15, -0.1) is 0 Å². The van der Waals surface area contributed by atoms with Crippen molar-refractivity contribution in [3.05, 3.63) is 34.7 Å². The average Bonchev–Trinajstić information content (AvgIpc) is 2.39. The molecule has 18 heavy (non-hydrogen) atoms. The Balaban J connectivity index is 2.07. The first-order chi connectivity index (χ1) is 8.58. The molecule has 0 saturated carbocycles. The third-order valence-corrected chi connectivity index (χ3v) is 3.13. The Hall–Kier alpha value is -1.95. The van der Waals surface area contributed by atoms with Gasteiger partial charge in [-0.25, -0.2) is 5.21 Å². The number of carbonyl (C=O) groups is 1. The van der Waals surface area contributed by atoms with Crippen LogP contribution in [0.15, 0.2) is 24.3 Å². The summed E-state index contributed by atoms with van der Waals surface area (Å²) in [7, 11) is 2.03. The highest BCUT2D eigenvalue weighted by Gasteiger charge is 2.21. The quantitative estimate of drug-likeness (QED) is 0.791. The molecule has 0 unspecified atom stereocenters. The number of amides is 1. The van der Waals surface area contributed by atoms with Crippen molar-refractivity contribution in [3.63, 3.8) is 0 Å². The smallest absolute Gasteiger partial charge is 0.316 e. The molecule has 1 heterocycles. The molecule has 1 N–H and O–H groups in total. The highest BCUT2D eigenvalue weighted by molar-refractivity contribution is 5.94. The van der Waals surface area contributed by atoms with E-state index in [4.69, 9.17) is 5.21 Å². The van der Waals surface area contributed by atoms with Crippen LogP contribution in [0.3, 0.4) is 0 Å². The van der Waals surface area contributed by atoms with Crippen molar-refractivity contribution in [2.75, 3.05) is 33.2 Å². The molecule has 0 bridgehead atoms. The molecule has 0 aliphatic carbocycles. The molecule has 1 aliphatic rings. The molecule has 0 spiro atoms. The molecule has 1 fully saturated rings. The first kappa shape index (κ1) is 12.5. The Bertz CT molecular complexity index is 450. The molecular weight excluding hydrogens is 234 g/mol. The van der Waals surface area contributed by atoms with E-state index < -0.39 is 0 Å². The third-order valence-electron chi connectivity index (χ3n) is 3.13. The minimum Gasteiger partial charge on any atom is -0.336 e. The van der Waals surface area contributed by atoms with Crippen molar-refractivity contribution in [1.29, 1.82) is 0 Å². The second kappa shape index (κ2) is 5.14. The van der Waals surface area contributed by atoms with Crippen molar-refractivity contribution in [2.24, 2.45) is 0 Å². The van der Waals surface area contributed by atoms with Gasteiger partial charge in [-0.05, 0) is 19.2 Å². The Kier molecular flexibility index (Phi) is 3.57. The number of benzene rings is 1. The summed E-state index contributed by atoms with van der Waals surface area (Å²) >= 11 is 0. The number of carbonyl (C=O) groups excluding carboxylic acids is 1. The summed E-state index contributed by atoms with van der Waals surface area (Å²) < 4.78 is 0. The number of likely N-dealkylation sites (N-methyl/N-ethyl adjacent to an activating group) is 1. The van der Waals surface area contributed by atoms with Gasteiger partial charge in [-0.2, -0.15) is 0 Å². The predicted molar refractivity (Wildman–Crippen MR) is 64.9 cm³/mol. The van der Waals surface area contributed by atoms with Crippen LogP contribution < -0.4 is 0 Å². The van der Waals surface area contributed by atoms with E-state index in [0.29, 0.717) is 18.7 Å². The van der Waals surface area contributed by atoms with Gasteiger partial charge in [0.05, 0.1) is 4.91 Å². The summed E-state index contributed by atoms with van der Waals surface area (Å²) in [6.45, 7) is 3.17. The van der Waals surface area contributed by atoms with Crippen molar-refractivity contribution in [3.8, 4) is 0 Å². The molecular formula is C12H16N3O3+. The van der Waals surface area contributed by atoms with E-state index in [9.17, 15) is 9.70 Å². The maximum atomic E-state index is 12.1. The zero-order valence-electron chi connectivity index (χ0n) is 10.2. The molecule has 1 saturated heterocycles. The van der Waals surface area contributed by atoms with Crippen molar-refractivity contribution in [1.82, 2.24) is 9.80 Å². The lowest BCUT2D eigenvalue weighted by atomic mass is 10.1. The molecule has 0 atom stereocenters. The second-order valence-corrected chi connectivity index (χ2v) is 4.42. The Morgan fingerprint density at radius 3 is 2.22 bits per heavy atom. The van der Waals surface area contributed by atoms with Crippen LogP contribution in [0.4, 0.5) is 5.69 Å². The molecule has 6 nitrogen and oxygen atoms in total. The summed E-state index contributed by atoms with van der Waals surface area (Å²) in [6.07, 6.45) is 0. The number of piperazine rings is 1. The first-order valence-corrected chi connectivity index (χ1v) is 5.82. The summed E-state index contributed by atoms with van der Waals surface area (Å²) in [5.74, 6) is -0.0370. The SMILES string of the molecule is CN1CCN(C(=O)c2ccc([N+](=O)O)cc2)CC1. The minimum absolute atomic E-state index is 0.0370. The topological polar surface area (TPSA) is 63.9 Å². The van der Waals surface area contributed by atoms with Crippen LogP contribution in [0.5, 0.6) is 0 Å². The number of hydrogen-bond donors (Lipinski definition) is 1. The normalized spacial score (nSPS) is 16.6. The Morgan fingerprint density at radius 2 is 1.72 bits per heavy atom. The van der Waals surface area contributed by atoms with Gasteiger partial charge in [0.1, 0.15) is 0 Å². The summed E-state index contributed by atoms with van der Waals surface area (Å²) in [4.78, 5) is 26.5. The zero-order chi connectivity index (χ0) is 13.1. The van der Waals surface area contributed by atoms with Crippen LogP contribution >= 0.6 is 0 Å². The number of rotatable bonds is 2. The van der Waals surface area contributed by atoms with Gasteiger partial charge in [0.25, 0.3) is 10.8 Å². The van der Waals surface area contributed by atoms with Gasteiger partial charge < -0.3 is 9.80 Å². The fraction of sp³-hybridized carbons (Fsp3) is 0.417. The van der Waals surface area contributed by atoms with E-state index in [1.807, 2.05) is 7.05 Å². The van der Waals surface area contributed by atoms with Crippen molar-refractivity contribution < 1.29 is 14.9 Å². The lowest BCUT2D eigenvalue weighted by Crippen LogP contribution is -2.47. The van der Waals surface area contributed by atoms with E-state index in [1.54, 1.807) is 17.0 Å². The van der Waals surface area contributed by atoms with E-state index in [2.05, 4.69) is 4.90 Å². The Labute approximate surface area is 105 Å². The third kappa shape index (κ3) is 2.65. The van der Waals surface area contributed by atoms with Crippen LogP contribution in [0, 0.1) is 4.91 Å². The van der Waals surface area contributed by atoms with Gasteiger partial charge in [0.2, 0.25) is 0 Å². The molecule has 1 amide bonds. The lowest BCUT2D eigenvalue weighted by molar-refractivity contribution is -0.729. The standard InChI is InChI=1S/C12H16N3O3/c1-13-6-8-14(9-7-13)12(16)10-2-4-11(5-3-10)15(17)18/h2-5H,6-9H2,1H3,(H,17,18)/q+1. The van der Waals surface area contributed by atoms with Crippen molar-refractivity contribution in [2.45, 2.75) is 0 Å². The highest BCUT2D eigenvalue weighted by atomic mass is 16.6. The summed E-state index contributed by atoms with van der Waals surface area (Å²) in [6, 6.07) is 5.96. The van der Waals surface area contributed by atoms with Gasteiger partial charge >= 0.3 is 5.69 Å². The van der Waals surface area contributed by atoms with Crippen LogP contribution in [-0.2, 0) is 0 Å². The molecule has 96 valence electrons. The average molecular weight is 250 g/mol. The number of nitrogens with zero attached hydrogens (tertiary/aromatic N) is 3. The van der Waals surface area contributed by atoms with E-state index in [0.717, 1.165) is 13.1 Å². The van der Waals surface area contributed by atoms with Crippen LogP contribution in [0.2, 0.25) is 0 Å². The van der Waals surface area contributed by atoms with Gasteiger partial charge in [0.15, 0.2) is 0 Å². The first-order valence-electron chi connectivity index (χ1n) is 5.82. The minimum atomic E-state index is -0.218. The van der Waals surface area contributed by atoms with Gasteiger partial charge in [-0.1, -0.05) is 0 Å². The van der Waals surface area contributed by atoms with Gasteiger partial charge in [0, 0.05) is 43.9 Å². The maximum Gasteiger partial charge on any atom is 0.316 e. The van der Waals surface area contributed by atoms with E-state index >= 15 is 0 Å². The molecule has 6 heteroatoms. The monoisotopic (exact) mass is 250 g/mol. The summed E-state index contributed by atoms with van der Waals surface area (Å²) in [5, 5.41) is 8.71. The van der Waals surface area contributed by atoms with Gasteiger partial charge in [-0.3, -0.25) is 4.79 Å². The van der Waals surface area contributed by atoms with Crippen LogP contribution in [0.1, 0.15) is 10.4 Å². The summed E-state index contributed by atoms with van der Waals surface area (Å²) in [5.41, 5.74) is 0.648. The molecule has 1 aliphatic heterocycles. The van der Waals surface area contributed by atoms with Crippen molar-refractivity contribution >= 4 is 11.6 Å². The van der Waals surface area contributed by atoms with Crippen LogP contribution in [-0.4, -0.2) is 59.1 Å². The fourth-order valence-corrected chi connectivity index (χ4v) is 1.92.